The molecule has 0 aliphatic rings. The van der Waals surface area contributed by atoms with Crippen LogP contribution in [0.15, 0.2) is 17.5 Å². The summed E-state index contributed by atoms with van der Waals surface area (Å²) in [4.78, 5) is 3.89. The molecule has 2 nitrogen and oxygen atoms in total. The second-order valence-corrected chi connectivity index (χ2v) is 6.98. The topological polar surface area (TPSA) is 15.3 Å². The Bertz CT molecular complexity index is 321. The minimum Gasteiger partial charge on any atom is -0.314 e. The highest BCUT2D eigenvalue weighted by Crippen LogP contribution is 2.23. The maximum absolute atomic E-state index is 3.58. The predicted octanol–water partition coefficient (Wildman–Crippen LogP) is 3.59. The Morgan fingerprint density at radius 3 is 2.67 bits per heavy atom. The number of hydrogen-bond donors (Lipinski definition) is 1. The van der Waals surface area contributed by atoms with E-state index in [1.807, 2.05) is 11.3 Å². The molecule has 0 bridgehead atoms. The van der Waals surface area contributed by atoms with Crippen LogP contribution in [0.5, 0.6) is 0 Å². The third-order valence-corrected chi connectivity index (χ3v) is 4.31. The molecule has 0 saturated carbocycles. The zero-order valence-electron chi connectivity index (χ0n) is 12.5. The Hall–Kier alpha value is -0.380. The molecule has 0 spiro atoms. The lowest BCUT2D eigenvalue weighted by atomic mass is 9.86. The Morgan fingerprint density at radius 1 is 1.44 bits per heavy atom. The Labute approximate surface area is 116 Å². The van der Waals surface area contributed by atoms with E-state index in [0.29, 0.717) is 11.5 Å². The van der Waals surface area contributed by atoms with Gasteiger partial charge in [-0.05, 0) is 30.3 Å². The van der Waals surface area contributed by atoms with Crippen LogP contribution in [-0.2, 0) is 6.54 Å². The summed E-state index contributed by atoms with van der Waals surface area (Å²) in [6, 6.07) is 4.92. The molecule has 0 saturated heterocycles. The van der Waals surface area contributed by atoms with Crippen LogP contribution in [-0.4, -0.2) is 31.1 Å². The predicted molar refractivity (Wildman–Crippen MR) is 82.2 cm³/mol. The number of thiophene rings is 1. The van der Waals surface area contributed by atoms with E-state index in [0.717, 1.165) is 19.6 Å². The summed E-state index contributed by atoms with van der Waals surface area (Å²) < 4.78 is 0. The van der Waals surface area contributed by atoms with E-state index in [9.17, 15) is 0 Å². The van der Waals surface area contributed by atoms with Gasteiger partial charge in [-0.15, -0.1) is 11.3 Å². The molecule has 1 rings (SSSR count). The van der Waals surface area contributed by atoms with Crippen molar-refractivity contribution in [2.24, 2.45) is 5.41 Å². The fourth-order valence-corrected chi connectivity index (χ4v) is 2.90. The van der Waals surface area contributed by atoms with Crippen molar-refractivity contribution < 1.29 is 0 Å². The summed E-state index contributed by atoms with van der Waals surface area (Å²) in [5.74, 6) is 0. The third kappa shape index (κ3) is 5.51. The van der Waals surface area contributed by atoms with Gasteiger partial charge in [-0.25, -0.2) is 0 Å². The van der Waals surface area contributed by atoms with Crippen LogP contribution in [0.3, 0.4) is 0 Å². The van der Waals surface area contributed by atoms with E-state index >= 15 is 0 Å². The van der Waals surface area contributed by atoms with E-state index in [2.05, 4.69) is 62.5 Å². The first kappa shape index (κ1) is 15.7. The van der Waals surface area contributed by atoms with Crippen molar-refractivity contribution in [3.05, 3.63) is 22.4 Å². The van der Waals surface area contributed by atoms with Crippen LogP contribution in [0, 0.1) is 5.41 Å². The minimum absolute atomic E-state index is 0.357. The van der Waals surface area contributed by atoms with Gasteiger partial charge in [0.15, 0.2) is 0 Å². The Kier molecular flexibility index (Phi) is 6.33. The molecule has 104 valence electrons. The summed E-state index contributed by atoms with van der Waals surface area (Å²) >= 11 is 1.85. The quantitative estimate of drug-likeness (QED) is 0.775. The molecule has 18 heavy (non-hydrogen) atoms. The molecule has 0 fully saturated rings. The lowest BCUT2D eigenvalue weighted by molar-refractivity contribution is 0.173. The maximum atomic E-state index is 3.58. The molecule has 1 N–H and O–H groups in total. The molecule has 1 atom stereocenters. The molecule has 0 aliphatic carbocycles. The minimum atomic E-state index is 0.357. The van der Waals surface area contributed by atoms with E-state index in [-0.39, 0.29) is 0 Å². The van der Waals surface area contributed by atoms with Gasteiger partial charge < -0.3 is 10.2 Å². The van der Waals surface area contributed by atoms with Gasteiger partial charge in [0, 0.05) is 30.6 Å². The first-order valence-corrected chi connectivity index (χ1v) is 7.77. The molecule has 0 aromatic carbocycles. The SMILES string of the molecule is CCC(C)(CNC(C)C)CN(C)Cc1cccs1. The van der Waals surface area contributed by atoms with Gasteiger partial charge >= 0.3 is 0 Å². The van der Waals surface area contributed by atoms with Gasteiger partial charge in [-0.1, -0.05) is 33.8 Å². The largest absolute Gasteiger partial charge is 0.314 e. The number of nitrogens with zero attached hydrogens (tertiary/aromatic N) is 1. The monoisotopic (exact) mass is 268 g/mol. The van der Waals surface area contributed by atoms with Gasteiger partial charge in [0.05, 0.1) is 0 Å². The summed E-state index contributed by atoms with van der Waals surface area (Å²) in [6.45, 7) is 12.4. The van der Waals surface area contributed by atoms with Crippen molar-refractivity contribution in [3.8, 4) is 0 Å². The number of nitrogens with one attached hydrogen (secondary N) is 1. The first-order valence-electron chi connectivity index (χ1n) is 6.89. The van der Waals surface area contributed by atoms with Crippen molar-refractivity contribution in [2.45, 2.75) is 46.7 Å². The zero-order valence-corrected chi connectivity index (χ0v) is 13.3. The van der Waals surface area contributed by atoms with Crippen molar-refractivity contribution >= 4 is 11.3 Å². The van der Waals surface area contributed by atoms with E-state index in [1.54, 1.807) is 0 Å². The summed E-state index contributed by atoms with van der Waals surface area (Å²) in [5, 5.41) is 5.73. The highest BCUT2D eigenvalue weighted by Gasteiger charge is 2.24. The van der Waals surface area contributed by atoms with Crippen molar-refractivity contribution in [1.29, 1.82) is 0 Å². The van der Waals surface area contributed by atoms with Crippen LogP contribution in [0.1, 0.15) is 39.0 Å². The molecule has 1 unspecified atom stereocenters. The highest BCUT2D eigenvalue weighted by atomic mass is 32.1. The van der Waals surface area contributed by atoms with Crippen LogP contribution in [0.25, 0.3) is 0 Å². The smallest absolute Gasteiger partial charge is 0.0325 e. The summed E-state index contributed by atoms with van der Waals surface area (Å²) in [7, 11) is 2.23. The van der Waals surface area contributed by atoms with E-state index < -0.39 is 0 Å². The van der Waals surface area contributed by atoms with Gasteiger partial charge in [0.2, 0.25) is 0 Å². The number of rotatable bonds is 8. The molecule has 0 amide bonds. The van der Waals surface area contributed by atoms with Gasteiger partial charge in [-0.3, -0.25) is 0 Å². The standard InChI is InChI=1S/C15H28N2S/c1-6-15(4,11-16-13(2)3)12-17(5)10-14-8-7-9-18-14/h7-9,13,16H,6,10-12H2,1-5H3. The fraction of sp³-hybridized carbons (Fsp3) is 0.733. The van der Waals surface area contributed by atoms with Gasteiger partial charge in [-0.2, -0.15) is 0 Å². The molecular weight excluding hydrogens is 240 g/mol. The van der Waals surface area contributed by atoms with E-state index in [1.165, 1.54) is 11.3 Å². The number of hydrogen-bond acceptors (Lipinski definition) is 3. The molecule has 1 aromatic heterocycles. The van der Waals surface area contributed by atoms with Crippen LogP contribution >= 0.6 is 11.3 Å². The lowest BCUT2D eigenvalue weighted by Gasteiger charge is -2.34. The summed E-state index contributed by atoms with van der Waals surface area (Å²) in [5.41, 5.74) is 0.357. The highest BCUT2D eigenvalue weighted by molar-refractivity contribution is 7.09. The second kappa shape index (κ2) is 7.27. The lowest BCUT2D eigenvalue weighted by Crippen LogP contribution is -2.42. The second-order valence-electron chi connectivity index (χ2n) is 5.95. The molecule has 0 radical (unpaired) electrons. The van der Waals surface area contributed by atoms with Crippen molar-refractivity contribution in [1.82, 2.24) is 10.2 Å². The zero-order chi connectivity index (χ0) is 13.6. The average molecular weight is 268 g/mol. The average Bonchev–Trinajstić information content (AvgIpc) is 2.79. The molecule has 3 heteroatoms. The van der Waals surface area contributed by atoms with Crippen LogP contribution in [0.4, 0.5) is 0 Å². The molecule has 1 aromatic rings. The molecule has 1 heterocycles. The first-order chi connectivity index (χ1) is 8.45. The van der Waals surface area contributed by atoms with Crippen LogP contribution in [0.2, 0.25) is 0 Å². The van der Waals surface area contributed by atoms with Crippen molar-refractivity contribution in [2.75, 3.05) is 20.1 Å². The van der Waals surface area contributed by atoms with E-state index in [4.69, 9.17) is 0 Å². The normalized spacial score (nSPS) is 15.3. The molecule has 0 aliphatic heterocycles. The fourth-order valence-electron chi connectivity index (χ4n) is 2.12. The Balaban J connectivity index is 2.45. The van der Waals surface area contributed by atoms with Crippen molar-refractivity contribution in [3.63, 3.8) is 0 Å². The summed E-state index contributed by atoms with van der Waals surface area (Å²) in [6.07, 6.45) is 1.21. The van der Waals surface area contributed by atoms with Crippen LogP contribution < -0.4 is 5.32 Å². The van der Waals surface area contributed by atoms with Gasteiger partial charge in [0.1, 0.15) is 0 Å². The van der Waals surface area contributed by atoms with Gasteiger partial charge in [0.25, 0.3) is 0 Å². The third-order valence-electron chi connectivity index (χ3n) is 3.45. The Morgan fingerprint density at radius 2 is 2.17 bits per heavy atom. The molecular formula is C15H28N2S. The maximum Gasteiger partial charge on any atom is 0.0325 e.